The second-order valence-corrected chi connectivity index (χ2v) is 8.80. The minimum atomic E-state index is -4.33. The molecule has 0 amide bonds. The van der Waals surface area contributed by atoms with Crippen molar-refractivity contribution >= 4 is 16.8 Å². The SMILES string of the molecule is CCNC(=NCc1ccc(C(F)(F)F)cc1)NCCS(=O)C(C)(C)C. The summed E-state index contributed by atoms with van der Waals surface area (Å²) in [6.45, 7) is 9.11. The van der Waals surface area contributed by atoms with Crippen LogP contribution < -0.4 is 10.6 Å². The fourth-order valence-electron chi connectivity index (χ4n) is 1.88. The minimum absolute atomic E-state index is 0.260. The van der Waals surface area contributed by atoms with Gasteiger partial charge in [-0.25, -0.2) is 4.99 Å². The Morgan fingerprint density at radius 3 is 2.20 bits per heavy atom. The standard InChI is InChI=1S/C17H26F3N3OS/c1-5-21-15(22-10-11-25(24)16(2,3)4)23-12-13-6-8-14(9-7-13)17(18,19)20/h6-9H,5,10-12H2,1-4H3,(H2,21,22,23). The van der Waals surface area contributed by atoms with Crippen LogP contribution in [0.3, 0.4) is 0 Å². The molecule has 0 saturated carbocycles. The molecule has 0 radical (unpaired) electrons. The molecule has 0 heterocycles. The molecule has 1 atom stereocenters. The Morgan fingerprint density at radius 2 is 1.72 bits per heavy atom. The van der Waals surface area contributed by atoms with Gasteiger partial charge in [0.2, 0.25) is 0 Å². The molecule has 1 unspecified atom stereocenters. The molecule has 0 aliphatic rings. The van der Waals surface area contributed by atoms with E-state index >= 15 is 0 Å². The predicted octanol–water partition coefficient (Wildman–Crippen LogP) is 3.31. The van der Waals surface area contributed by atoms with E-state index in [1.54, 1.807) is 0 Å². The third-order valence-electron chi connectivity index (χ3n) is 3.31. The lowest BCUT2D eigenvalue weighted by molar-refractivity contribution is -0.137. The molecular weight excluding hydrogens is 351 g/mol. The molecule has 1 rings (SSSR count). The van der Waals surface area contributed by atoms with E-state index in [-0.39, 0.29) is 11.3 Å². The van der Waals surface area contributed by atoms with Crippen molar-refractivity contribution < 1.29 is 17.4 Å². The first kappa shape index (κ1) is 21.5. The largest absolute Gasteiger partial charge is 0.416 e. The van der Waals surface area contributed by atoms with E-state index in [0.29, 0.717) is 30.4 Å². The van der Waals surface area contributed by atoms with Gasteiger partial charge in [0.15, 0.2) is 5.96 Å². The third-order valence-corrected chi connectivity index (χ3v) is 5.25. The highest BCUT2D eigenvalue weighted by Crippen LogP contribution is 2.29. The van der Waals surface area contributed by atoms with Crippen molar-refractivity contribution in [3.63, 3.8) is 0 Å². The summed E-state index contributed by atoms with van der Waals surface area (Å²) in [5, 5.41) is 6.16. The lowest BCUT2D eigenvalue weighted by Gasteiger charge is -2.18. The minimum Gasteiger partial charge on any atom is -0.357 e. The van der Waals surface area contributed by atoms with Crippen LogP contribution >= 0.6 is 0 Å². The maximum Gasteiger partial charge on any atom is 0.416 e. The van der Waals surface area contributed by atoms with E-state index in [4.69, 9.17) is 0 Å². The Hall–Kier alpha value is -1.57. The first-order chi connectivity index (χ1) is 11.5. The Labute approximate surface area is 149 Å². The van der Waals surface area contributed by atoms with Crippen molar-refractivity contribution in [3.05, 3.63) is 35.4 Å². The van der Waals surface area contributed by atoms with Crippen LogP contribution in [0.15, 0.2) is 29.3 Å². The molecule has 0 aliphatic carbocycles. The van der Waals surface area contributed by atoms with Crippen molar-refractivity contribution in [3.8, 4) is 0 Å². The van der Waals surface area contributed by atoms with Crippen molar-refractivity contribution in [2.75, 3.05) is 18.8 Å². The van der Waals surface area contributed by atoms with E-state index in [1.807, 2.05) is 27.7 Å². The quantitative estimate of drug-likeness (QED) is 0.591. The van der Waals surface area contributed by atoms with Crippen molar-refractivity contribution in [2.24, 2.45) is 4.99 Å². The van der Waals surface area contributed by atoms with Gasteiger partial charge in [-0.15, -0.1) is 0 Å². The van der Waals surface area contributed by atoms with Crippen LogP contribution in [-0.2, 0) is 23.5 Å². The summed E-state index contributed by atoms with van der Waals surface area (Å²) in [7, 11) is -0.961. The van der Waals surface area contributed by atoms with Crippen LogP contribution in [0, 0.1) is 0 Å². The molecule has 0 aromatic heterocycles. The molecular formula is C17H26F3N3OS. The maximum absolute atomic E-state index is 12.5. The summed E-state index contributed by atoms with van der Waals surface area (Å²) >= 11 is 0. The highest BCUT2D eigenvalue weighted by molar-refractivity contribution is 7.86. The average Bonchev–Trinajstić information content (AvgIpc) is 2.51. The number of hydrogen-bond acceptors (Lipinski definition) is 2. The Bertz CT molecular complexity index is 593. The van der Waals surface area contributed by atoms with Gasteiger partial charge in [-0.05, 0) is 45.4 Å². The number of rotatable bonds is 6. The first-order valence-corrected chi connectivity index (χ1v) is 9.42. The number of halogens is 3. The summed E-state index contributed by atoms with van der Waals surface area (Å²) in [5.74, 6) is 1.04. The van der Waals surface area contributed by atoms with Crippen LogP contribution in [0.25, 0.3) is 0 Å². The zero-order valence-electron chi connectivity index (χ0n) is 15.0. The molecule has 0 bridgehead atoms. The Kier molecular flexibility index (Phi) is 7.92. The van der Waals surface area contributed by atoms with E-state index in [9.17, 15) is 17.4 Å². The van der Waals surface area contributed by atoms with E-state index in [2.05, 4.69) is 15.6 Å². The van der Waals surface area contributed by atoms with Crippen LogP contribution in [0.1, 0.15) is 38.8 Å². The van der Waals surface area contributed by atoms with Crippen molar-refractivity contribution in [1.29, 1.82) is 0 Å². The summed E-state index contributed by atoms with van der Waals surface area (Å²) in [6.07, 6.45) is -4.33. The Balaban J connectivity index is 2.62. The molecule has 0 aliphatic heterocycles. The van der Waals surface area contributed by atoms with Crippen LogP contribution in [0.5, 0.6) is 0 Å². The number of guanidine groups is 1. The normalized spacial score (nSPS) is 14.3. The van der Waals surface area contributed by atoms with Gasteiger partial charge in [-0.1, -0.05) is 12.1 Å². The zero-order valence-corrected chi connectivity index (χ0v) is 15.9. The van der Waals surface area contributed by atoms with Crippen molar-refractivity contribution in [2.45, 2.75) is 45.2 Å². The molecule has 2 N–H and O–H groups in total. The van der Waals surface area contributed by atoms with E-state index < -0.39 is 22.5 Å². The highest BCUT2D eigenvalue weighted by atomic mass is 32.2. The molecule has 1 aromatic rings. The molecule has 1 aromatic carbocycles. The van der Waals surface area contributed by atoms with Crippen LogP contribution in [0.2, 0.25) is 0 Å². The zero-order chi connectivity index (χ0) is 19.1. The topological polar surface area (TPSA) is 53.5 Å². The van der Waals surface area contributed by atoms with Crippen molar-refractivity contribution in [1.82, 2.24) is 10.6 Å². The number of nitrogens with one attached hydrogen (secondary N) is 2. The second kappa shape index (κ2) is 9.22. The monoisotopic (exact) mass is 377 g/mol. The first-order valence-electron chi connectivity index (χ1n) is 8.11. The third kappa shape index (κ3) is 7.90. The van der Waals surface area contributed by atoms with Gasteiger partial charge in [0.25, 0.3) is 0 Å². The molecule has 25 heavy (non-hydrogen) atoms. The van der Waals surface area contributed by atoms with E-state index in [1.165, 1.54) is 12.1 Å². The fourth-order valence-corrected chi connectivity index (χ4v) is 2.78. The average molecular weight is 377 g/mol. The second-order valence-electron chi connectivity index (χ2n) is 6.48. The van der Waals surface area contributed by atoms with Gasteiger partial charge in [0, 0.05) is 34.4 Å². The highest BCUT2D eigenvalue weighted by Gasteiger charge is 2.29. The number of benzene rings is 1. The van der Waals surface area contributed by atoms with E-state index in [0.717, 1.165) is 12.1 Å². The van der Waals surface area contributed by atoms with Gasteiger partial charge in [0.05, 0.1) is 12.1 Å². The Morgan fingerprint density at radius 1 is 1.12 bits per heavy atom. The predicted molar refractivity (Wildman–Crippen MR) is 97.0 cm³/mol. The molecule has 4 nitrogen and oxygen atoms in total. The molecule has 0 saturated heterocycles. The van der Waals surface area contributed by atoms with Gasteiger partial charge in [-0.2, -0.15) is 13.2 Å². The van der Waals surface area contributed by atoms with Crippen LogP contribution in [-0.4, -0.2) is 33.8 Å². The lowest BCUT2D eigenvalue weighted by Crippen LogP contribution is -2.40. The number of aliphatic imine (C=N–C) groups is 1. The maximum atomic E-state index is 12.5. The number of nitrogens with zero attached hydrogens (tertiary/aromatic N) is 1. The van der Waals surface area contributed by atoms with Gasteiger partial charge in [-0.3, -0.25) is 4.21 Å². The summed E-state index contributed by atoms with van der Waals surface area (Å²) < 4.78 is 49.4. The molecule has 8 heteroatoms. The number of hydrogen-bond donors (Lipinski definition) is 2. The summed E-state index contributed by atoms with van der Waals surface area (Å²) in [5.41, 5.74) is 0.0124. The van der Waals surface area contributed by atoms with Gasteiger partial charge < -0.3 is 10.6 Å². The molecule has 0 spiro atoms. The molecule has 142 valence electrons. The van der Waals surface area contributed by atoms with Gasteiger partial charge >= 0.3 is 6.18 Å². The van der Waals surface area contributed by atoms with Gasteiger partial charge in [0.1, 0.15) is 0 Å². The fraction of sp³-hybridized carbons (Fsp3) is 0.588. The smallest absolute Gasteiger partial charge is 0.357 e. The lowest BCUT2D eigenvalue weighted by atomic mass is 10.1. The molecule has 0 fully saturated rings. The van der Waals surface area contributed by atoms with Crippen LogP contribution in [0.4, 0.5) is 13.2 Å². The number of alkyl halides is 3. The summed E-state index contributed by atoms with van der Waals surface area (Å²) in [4.78, 5) is 4.35. The summed E-state index contributed by atoms with van der Waals surface area (Å²) in [6, 6.07) is 4.95.